The molecular weight excluding hydrogens is 318 g/mol. The van der Waals surface area contributed by atoms with Crippen molar-refractivity contribution in [2.45, 2.75) is 19.8 Å². The smallest absolute Gasteiger partial charge is 0.317 e. The monoisotopic (exact) mass is 341 g/mol. The largest absolute Gasteiger partial charge is 0.480 e. The molecule has 1 saturated heterocycles. The van der Waals surface area contributed by atoms with Crippen LogP contribution in [-0.4, -0.2) is 63.7 Å². The molecule has 0 aliphatic carbocycles. The van der Waals surface area contributed by atoms with Crippen molar-refractivity contribution in [2.75, 3.05) is 37.6 Å². The van der Waals surface area contributed by atoms with E-state index in [0.29, 0.717) is 5.82 Å². The van der Waals surface area contributed by atoms with Gasteiger partial charge in [-0.2, -0.15) is 0 Å². The van der Waals surface area contributed by atoms with Crippen LogP contribution in [0.1, 0.15) is 19.0 Å². The minimum absolute atomic E-state index is 0.0969. The van der Waals surface area contributed by atoms with Crippen molar-refractivity contribution in [3.63, 3.8) is 0 Å². The lowest BCUT2D eigenvalue weighted by molar-refractivity contribution is -0.138. The molecule has 0 aromatic carbocycles. The third-order valence-electron chi connectivity index (χ3n) is 4.25. The van der Waals surface area contributed by atoms with Gasteiger partial charge in [0.25, 0.3) is 0 Å². The summed E-state index contributed by atoms with van der Waals surface area (Å²) < 4.78 is 0. The number of carboxylic acids is 1. The highest BCUT2D eigenvalue weighted by atomic mass is 16.4. The molecule has 0 radical (unpaired) electrons. The van der Waals surface area contributed by atoms with Crippen LogP contribution in [0.15, 0.2) is 30.6 Å². The first kappa shape index (κ1) is 17.3. The van der Waals surface area contributed by atoms with Crippen LogP contribution in [0.5, 0.6) is 0 Å². The van der Waals surface area contributed by atoms with Crippen molar-refractivity contribution < 1.29 is 9.90 Å². The summed E-state index contributed by atoms with van der Waals surface area (Å²) in [4.78, 5) is 28.6. The average Bonchev–Trinajstić information content (AvgIpc) is 2.63. The lowest BCUT2D eigenvalue weighted by atomic mass is 10.2. The molecular formula is C18H23N5O2. The van der Waals surface area contributed by atoms with Gasteiger partial charge in [0, 0.05) is 55.9 Å². The van der Waals surface area contributed by atoms with E-state index in [1.807, 2.05) is 17.0 Å². The quantitative estimate of drug-likeness (QED) is 0.856. The molecule has 0 atom stereocenters. The molecule has 1 aliphatic heterocycles. The molecule has 0 unspecified atom stereocenters. The van der Waals surface area contributed by atoms with E-state index in [1.165, 1.54) is 0 Å². The number of aromatic nitrogens is 3. The van der Waals surface area contributed by atoms with Crippen LogP contribution in [0.2, 0.25) is 0 Å². The van der Waals surface area contributed by atoms with E-state index in [2.05, 4.69) is 27.9 Å². The van der Waals surface area contributed by atoms with Gasteiger partial charge in [-0.15, -0.1) is 0 Å². The first-order valence-corrected chi connectivity index (χ1v) is 8.63. The van der Waals surface area contributed by atoms with E-state index in [4.69, 9.17) is 10.1 Å². The third kappa shape index (κ3) is 4.51. The fourth-order valence-corrected chi connectivity index (χ4v) is 2.98. The minimum atomic E-state index is -0.778. The van der Waals surface area contributed by atoms with Crippen LogP contribution in [0.3, 0.4) is 0 Å². The summed E-state index contributed by atoms with van der Waals surface area (Å²) in [6.07, 6.45) is 5.44. The van der Waals surface area contributed by atoms with Crippen LogP contribution >= 0.6 is 0 Å². The van der Waals surface area contributed by atoms with Crippen molar-refractivity contribution in [1.82, 2.24) is 19.9 Å². The van der Waals surface area contributed by atoms with Gasteiger partial charge in [0.05, 0.1) is 6.54 Å². The average molecular weight is 341 g/mol. The molecule has 1 aliphatic rings. The SMILES string of the molecule is CCCc1cc(N2CCN(CC(=O)O)CC2)nc(-c2cccnc2)n1. The van der Waals surface area contributed by atoms with Crippen molar-refractivity contribution in [2.24, 2.45) is 0 Å². The van der Waals surface area contributed by atoms with Crippen LogP contribution in [0.25, 0.3) is 11.4 Å². The van der Waals surface area contributed by atoms with Crippen LogP contribution < -0.4 is 4.90 Å². The predicted molar refractivity (Wildman–Crippen MR) is 95.5 cm³/mol. The van der Waals surface area contributed by atoms with Gasteiger partial charge in [-0.05, 0) is 18.6 Å². The highest BCUT2D eigenvalue weighted by Gasteiger charge is 2.20. The molecule has 7 nitrogen and oxygen atoms in total. The highest BCUT2D eigenvalue weighted by molar-refractivity contribution is 5.69. The van der Waals surface area contributed by atoms with E-state index in [-0.39, 0.29) is 6.54 Å². The molecule has 0 amide bonds. The van der Waals surface area contributed by atoms with Crippen LogP contribution in [0, 0.1) is 0 Å². The second-order valence-corrected chi connectivity index (χ2v) is 6.19. The topological polar surface area (TPSA) is 82.5 Å². The molecule has 0 spiro atoms. The maximum absolute atomic E-state index is 10.9. The number of piperazine rings is 1. The molecule has 7 heteroatoms. The number of hydrogen-bond donors (Lipinski definition) is 1. The second-order valence-electron chi connectivity index (χ2n) is 6.19. The number of anilines is 1. The molecule has 3 heterocycles. The molecule has 25 heavy (non-hydrogen) atoms. The zero-order valence-corrected chi connectivity index (χ0v) is 14.4. The van der Waals surface area contributed by atoms with Gasteiger partial charge in [-0.3, -0.25) is 14.7 Å². The van der Waals surface area contributed by atoms with Gasteiger partial charge in [-0.1, -0.05) is 13.3 Å². The first-order valence-electron chi connectivity index (χ1n) is 8.63. The number of hydrogen-bond acceptors (Lipinski definition) is 6. The second kappa shape index (κ2) is 8.02. The van der Waals surface area contributed by atoms with E-state index in [0.717, 1.165) is 56.1 Å². The maximum atomic E-state index is 10.9. The Morgan fingerprint density at radius 3 is 2.68 bits per heavy atom. The summed E-state index contributed by atoms with van der Waals surface area (Å²) in [6, 6.07) is 5.90. The number of aryl methyl sites for hydroxylation is 1. The zero-order valence-electron chi connectivity index (χ0n) is 14.4. The predicted octanol–water partition coefficient (Wildman–Crippen LogP) is 1.70. The highest BCUT2D eigenvalue weighted by Crippen LogP contribution is 2.21. The minimum Gasteiger partial charge on any atom is -0.480 e. The van der Waals surface area contributed by atoms with E-state index < -0.39 is 5.97 Å². The summed E-state index contributed by atoms with van der Waals surface area (Å²) in [7, 11) is 0. The number of aliphatic carboxylic acids is 1. The van der Waals surface area contributed by atoms with E-state index in [1.54, 1.807) is 12.4 Å². The zero-order chi connectivity index (χ0) is 17.6. The van der Waals surface area contributed by atoms with Crippen molar-refractivity contribution >= 4 is 11.8 Å². The first-order chi connectivity index (χ1) is 12.2. The Balaban J connectivity index is 1.81. The molecule has 1 N–H and O–H groups in total. The fourth-order valence-electron chi connectivity index (χ4n) is 2.98. The number of carbonyl (C=O) groups is 1. The standard InChI is InChI=1S/C18H23N5O2/c1-2-4-15-11-16(21-18(20-15)14-5-3-6-19-12-14)23-9-7-22(8-10-23)13-17(24)25/h3,5-6,11-12H,2,4,7-10,13H2,1H3,(H,24,25). The summed E-state index contributed by atoms with van der Waals surface area (Å²) in [5.41, 5.74) is 1.94. The Hall–Kier alpha value is -2.54. The van der Waals surface area contributed by atoms with Gasteiger partial charge in [-0.25, -0.2) is 9.97 Å². The van der Waals surface area contributed by atoms with E-state index >= 15 is 0 Å². The Kier molecular flexibility index (Phi) is 5.55. The fraction of sp³-hybridized carbons (Fsp3) is 0.444. The lowest BCUT2D eigenvalue weighted by Crippen LogP contribution is -2.48. The third-order valence-corrected chi connectivity index (χ3v) is 4.25. The van der Waals surface area contributed by atoms with Crippen LogP contribution in [-0.2, 0) is 11.2 Å². The summed E-state index contributed by atoms with van der Waals surface area (Å²) >= 11 is 0. The summed E-state index contributed by atoms with van der Waals surface area (Å²) in [5, 5.41) is 8.92. The Bertz CT molecular complexity index is 715. The molecule has 2 aromatic heterocycles. The van der Waals surface area contributed by atoms with Gasteiger partial charge >= 0.3 is 5.97 Å². The molecule has 2 aromatic rings. The van der Waals surface area contributed by atoms with Crippen LogP contribution in [0.4, 0.5) is 5.82 Å². The number of pyridine rings is 1. The molecule has 1 fully saturated rings. The van der Waals surface area contributed by atoms with Crippen molar-refractivity contribution in [3.8, 4) is 11.4 Å². The molecule has 132 valence electrons. The Morgan fingerprint density at radius 1 is 1.24 bits per heavy atom. The number of carboxylic acid groups (broad SMARTS) is 1. The lowest BCUT2D eigenvalue weighted by Gasteiger charge is -2.34. The van der Waals surface area contributed by atoms with Crippen molar-refractivity contribution in [1.29, 1.82) is 0 Å². The van der Waals surface area contributed by atoms with Gasteiger partial charge < -0.3 is 10.0 Å². The van der Waals surface area contributed by atoms with Gasteiger partial charge in [0.15, 0.2) is 5.82 Å². The molecule has 0 saturated carbocycles. The van der Waals surface area contributed by atoms with Gasteiger partial charge in [0.2, 0.25) is 0 Å². The normalized spacial score (nSPS) is 15.3. The molecule has 3 rings (SSSR count). The molecule has 0 bridgehead atoms. The Labute approximate surface area is 147 Å². The summed E-state index contributed by atoms with van der Waals surface area (Å²) in [5.74, 6) is 0.828. The van der Waals surface area contributed by atoms with Gasteiger partial charge in [0.1, 0.15) is 5.82 Å². The summed E-state index contributed by atoms with van der Waals surface area (Å²) in [6.45, 7) is 5.21. The number of rotatable bonds is 6. The van der Waals surface area contributed by atoms with E-state index in [9.17, 15) is 4.79 Å². The maximum Gasteiger partial charge on any atom is 0.317 e. The Morgan fingerprint density at radius 2 is 2.04 bits per heavy atom. The number of nitrogens with zero attached hydrogens (tertiary/aromatic N) is 5. The van der Waals surface area contributed by atoms with Crippen molar-refractivity contribution in [3.05, 3.63) is 36.3 Å².